The molecule has 0 radical (unpaired) electrons. The van der Waals surface area contributed by atoms with Crippen LogP contribution in [0, 0.1) is 6.92 Å². The first-order valence-corrected chi connectivity index (χ1v) is 6.17. The second-order valence-corrected chi connectivity index (χ2v) is 4.87. The fraction of sp³-hybridized carbons (Fsp3) is 0.308. The van der Waals surface area contributed by atoms with E-state index in [4.69, 9.17) is 10.2 Å². The Morgan fingerprint density at radius 3 is 2.85 bits per heavy atom. The summed E-state index contributed by atoms with van der Waals surface area (Å²) < 4.78 is 8.44. The largest absolute Gasteiger partial charge is 0.459 e. The highest BCUT2D eigenvalue weighted by Crippen LogP contribution is 2.28. The van der Waals surface area contributed by atoms with Crippen LogP contribution in [0.25, 0.3) is 22.0 Å². The van der Waals surface area contributed by atoms with Crippen molar-refractivity contribution < 1.29 is 9.21 Å². The Balaban J connectivity index is 2.42. The van der Waals surface area contributed by atoms with Gasteiger partial charge < -0.3 is 14.7 Å². The van der Waals surface area contributed by atoms with Crippen LogP contribution < -0.4 is 11.3 Å². The lowest BCUT2D eigenvalue weighted by molar-refractivity contribution is -0.121. The molecule has 0 unspecified atom stereocenters. The van der Waals surface area contributed by atoms with Gasteiger partial charge in [0.25, 0.3) is 5.56 Å². The molecule has 0 saturated carbocycles. The minimum atomic E-state index is -0.796. The number of nitrogens with zero attached hydrogens (tertiary/aromatic N) is 3. The van der Waals surface area contributed by atoms with E-state index in [2.05, 4.69) is 5.10 Å². The Bertz CT molecular complexity index is 900. The molecular weight excluding hydrogens is 260 g/mol. The first kappa shape index (κ1) is 12.5. The van der Waals surface area contributed by atoms with E-state index in [0.29, 0.717) is 16.5 Å². The van der Waals surface area contributed by atoms with Gasteiger partial charge in [-0.25, -0.2) is 4.68 Å². The molecule has 2 N–H and O–H groups in total. The summed E-state index contributed by atoms with van der Waals surface area (Å²) in [6, 6.07) is 1.06. The lowest BCUT2D eigenvalue weighted by Gasteiger charge is -2.09. The zero-order valence-electron chi connectivity index (χ0n) is 11.4. The lowest BCUT2D eigenvalue weighted by atomic mass is 10.3. The molecule has 3 aromatic heterocycles. The number of carbonyl (C=O) groups is 1. The zero-order valence-corrected chi connectivity index (χ0v) is 11.4. The predicted molar refractivity (Wildman–Crippen MR) is 73.4 cm³/mol. The molecule has 0 aliphatic rings. The molecule has 0 bridgehead atoms. The highest BCUT2D eigenvalue weighted by atomic mass is 16.3. The molecule has 1 atom stereocenters. The number of aromatic nitrogens is 3. The Kier molecular flexibility index (Phi) is 2.47. The van der Waals surface area contributed by atoms with Gasteiger partial charge in [0.05, 0.1) is 17.1 Å². The molecule has 3 heterocycles. The van der Waals surface area contributed by atoms with Gasteiger partial charge in [-0.3, -0.25) is 9.59 Å². The van der Waals surface area contributed by atoms with Gasteiger partial charge in [0.15, 0.2) is 5.58 Å². The summed E-state index contributed by atoms with van der Waals surface area (Å²) in [7, 11) is 1.78. The van der Waals surface area contributed by atoms with E-state index in [1.807, 2.05) is 13.0 Å². The third-order valence-corrected chi connectivity index (χ3v) is 3.53. The minimum absolute atomic E-state index is 0.361. The Morgan fingerprint density at radius 2 is 2.20 bits per heavy atom. The second-order valence-electron chi connectivity index (χ2n) is 4.87. The Morgan fingerprint density at radius 1 is 1.50 bits per heavy atom. The molecule has 7 nitrogen and oxygen atoms in total. The van der Waals surface area contributed by atoms with Crippen LogP contribution in [-0.2, 0) is 11.8 Å². The molecule has 1 amide bonds. The average molecular weight is 274 g/mol. The van der Waals surface area contributed by atoms with E-state index in [1.54, 1.807) is 18.5 Å². The van der Waals surface area contributed by atoms with Crippen LogP contribution in [0.5, 0.6) is 0 Å². The monoisotopic (exact) mass is 274 g/mol. The normalized spacial score (nSPS) is 13.2. The first-order chi connectivity index (χ1) is 9.41. The first-order valence-electron chi connectivity index (χ1n) is 6.17. The van der Waals surface area contributed by atoms with Crippen molar-refractivity contribution in [3.8, 4) is 0 Å². The zero-order chi connectivity index (χ0) is 14.6. The highest BCUT2D eigenvalue weighted by molar-refractivity contribution is 6.04. The van der Waals surface area contributed by atoms with Crippen molar-refractivity contribution in [1.29, 1.82) is 0 Å². The maximum atomic E-state index is 12.5. The van der Waals surface area contributed by atoms with Crippen LogP contribution in [0.1, 0.15) is 18.7 Å². The van der Waals surface area contributed by atoms with Crippen LogP contribution in [0.2, 0.25) is 0 Å². The maximum Gasteiger partial charge on any atom is 0.292 e. The number of nitrogens with two attached hydrogens (primary N) is 1. The summed E-state index contributed by atoms with van der Waals surface area (Å²) in [6.45, 7) is 3.38. The van der Waals surface area contributed by atoms with Crippen molar-refractivity contribution in [2.75, 3.05) is 0 Å². The van der Waals surface area contributed by atoms with Crippen molar-refractivity contribution in [2.24, 2.45) is 12.8 Å². The van der Waals surface area contributed by atoms with Crippen molar-refractivity contribution in [3.05, 3.63) is 28.4 Å². The molecule has 0 spiro atoms. The summed E-state index contributed by atoms with van der Waals surface area (Å²) in [6.07, 6.45) is 1.53. The van der Waals surface area contributed by atoms with Crippen molar-refractivity contribution >= 4 is 27.9 Å². The van der Waals surface area contributed by atoms with Crippen molar-refractivity contribution in [3.63, 3.8) is 0 Å². The van der Waals surface area contributed by atoms with E-state index < -0.39 is 11.9 Å². The van der Waals surface area contributed by atoms with Gasteiger partial charge in [-0.05, 0) is 13.8 Å². The third kappa shape index (κ3) is 1.49. The summed E-state index contributed by atoms with van der Waals surface area (Å²) >= 11 is 0. The molecule has 104 valence electrons. The minimum Gasteiger partial charge on any atom is -0.459 e. The van der Waals surface area contributed by atoms with Gasteiger partial charge in [0, 0.05) is 13.1 Å². The van der Waals surface area contributed by atoms with E-state index in [9.17, 15) is 9.59 Å². The van der Waals surface area contributed by atoms with Crippen molar-refractivity contribution in [1.82, 2.24) is 14.3 Å². The van der Waals surface area contributed by atoms with Crippen LogP contribution in [-0.4, -0.2) is 20.3 Å². The molecule has 0 aromatic carbocycles. The summed E-state index contributed by atoms with van der Waals surface area (Å²) in [5.74, 6) is 0.162. The molecule has 20 heavy (non-hydrogen) atoms. The summed E-state index contributed by atoms with van der Waals surface area (Å²) in [5, 5.41) is 4.66. The molecule has 0 aliphatic carbocycles. The van der Waals surface area contributed by atoms with Crippen LogP contribution in [0.15, 0.2) is 21.5 Å². The molecule has 0 fully saturated rings. The van der Waals surface area contributed by atoms with E-state index >= 15 is 0 Å². The number of amides is 1. The van der Waals surface area contributed by atoms with Gasteiger partial charge >= 0.3 is 0 Å². The Hall–Kier alpha value is -2.57. The molecule has 3 rings (SSSR count). The quantitative estimate of drug-likeness (QED) is 0.748. The van der Waals surface area contributed by atoms with E-state index in [0.717, 1.165) is 16.0 Å². The number of fused-ring (bicyclic) bond motifs is 3. The molecule has 0 saturated heterocycles. The average Bonchev–Trinajstić information content (AvgIpc) is 2.88. The fourth-order valence-electron chi connectivity index (χ4n) is 2.41. The smallest absolute Gasteiger partial charge is 0.292 e. The van der Waals surface area contributed by atoms with Crippen molar-refractivity contribution in [2.45, 2.75) is 19.9 Å². The molecule has 7 heteroatoms. The predicted octanol–water partition coefficient (Wildman–Crippen LogP) is 0.836. The van der Waals surface area contributed by atoms with Gasteiger partial charge in [-0.2, -0.15) is 5.10 Å². The number of hydrogen-bond acceptors (Lipinski definition) is 4. The number of aryl methyl sites for hydroxylation is 2. The van der Waals surface area contributed by atoms with Crippen LogP contribution in [0.4, 0.5) is 0 Å². The highest BCUT2D eigenvalue weighted by Gasteiger charge is 2.20. The lowest BCUT2D eigenvalue weighted by Crippen LogP contribution is -2.34. The van der Waals surface area contributed by atoms with Gasteiger partial charge in [0.1, 0.15) is 17.3 Å². The standard InChI is InChI=1S/C13H14N4O3/c1-6-4-9-11(20-6)8-5-15-17(7(2)12(14)18)13(19)10(8)16(9)3/h4-5,7H,1-3H3,(H2,14,18)/t7-/m0/s1. The van der Waals surface area contributed by atoms with Gasteiger partial charge in [0.2, 0.25) is 5.91 Å². The van der Waals surface area contributed by atoms with Crippen LogP contribution >= 0.6 is 0 Å². The third-order valence-electron chi connectivity index (χ3n) is 3.53. The van der Waals surface area contributed by atoms with Gasteiger partial charge in [-0.1, -0.05) is 0 Å². The second kappa shape index (κ2) is 3.96. The van der Waals surface area contributed by atoms with Crippen LogP contribution in [0.3, 0.4) is 0 Å². The number of rotatable bonds is 2. The summed E-state index contributed by atoms with van der Waals surface area (Å²) in [5.41, 5.74) is 6.76. The number of primary amides is 1. The number of furan rings is 1. The van der Waals surface area contributed by atoms with E-state index in [1.165, 1.54) is 6.20 Å². The fourth-order valence-corrected chi connectivity index (χ4v) is 2.41. The SMILES string of the molecule is Cc1cc2c(o1)c1cnn([C@@H](C)C(N)=O)c(=O)c1n2C. The van der Waals surface area contributed by atoms with E-state index in [-0.39, 0.29) is 5.56 Å². The molecule has 3 aromatic rings. The number of hydrogen-bond donors (Lipinski definition) is 1. The topological polar surface area (TPSA) is 96.1 Å². The number of carbonyl (C=O) groups excluding carboxylic acids is 1. The maximum absolute atomic E-state index is 12.5. The molecular formula is C13H14N4O3. The Labute approximate surface area is 113 Å². The summed E-state index contributed by atoms with van der Waals surface area (Å²) in [4.78, 5) is 23.7. The van der Waals surface area contributed by atoms with Gasteiger partial charge in [-0.15, -0.1) is 0 Å². The molecule has 0 aliphatic heterocycles.